The maximum atomic E-state index is 12.7. The number of rotatable bonds is 1. The number of sulfonamides is 1. The van der Waals surface area contributed by atoms with Gasteiger partial charge in [-0.25, -0.2) is 8.42 Å². The maximum Gasteiger partial charge on any atom is 0.511 e. The summed E-state index contributed by atoms with van der Waals surface area (Å²) in [5.74, 6) is 0. The predicted molar refractivity (Wildman–Crippen MR) is 72.9 cm³/mol. The molecule has 3 nitrogen and oxygen atoms in total. The second-order valence-electron chi connectivity index (χ2n) is 5.16. The summed E-state index contributed by atoms with van der Waals surface area (Å²) >= 11 is 0. The monoisotopic (exact) mass is 315 g/mol. The summed E-state index contributed by atoms with van der Waals surface area (Å²) in [6, 6.07) is 8.95. The van der Waals surface area contributed by atoms with Crippen LogP contribution in [0.2, 0.25) is 0 Å². The van der Waals surface area contributed by atoms with Gasteiger partial charge in [-0.2, -0.15) is 17.5 Å². The lowest BCUT2D eigenvalue weighted by Crippen LogP contribution is -2.41. The number of hydrogen-bond acceptors (Lipinski definition) is 2. The molecule has 1 aliphatic rings. The zero-order chi connectivity index (χ0) is 15.4. The van der Waals surface area contributed by atoms with E-state index in [9.17, 15) is 21.6 Å². The van der Waals surface area contributed by atoms with Crippen LogP contribution in [-0.2, 0) is 23.1 Å². The van der Waals surface area contributed by atoms with Crippen LogP contribution in [0.5, 0.6) is 0 Å². The largest absolute Gasteiger partial charge is 0.511 e. The number of benzene rings is 2. The Morgan fingerprint density at radius 3 is 2.43 bits per heavy atom. The summed E-state index contributed by atoms with van der Waals surface area (Å²) in [6.45, 7) is 1.33. The van der Waals surface area contributed by atoms with Crippen molar-refractivity contribution in [1.29, 1.82) is 0 Å². The minimum atomic E-state index is -5.32. The van der Waals surface area contributed by atoms with Gasteiger partial charge in [0.2, 0.25) is 0 Å². The van der Waals surface area contributed by atoms with Crippen molar-refractivity contribution in [3.63, 3.8) is 0 Å². The average molecular weight is 315 g/mol. The third kappa shape index (κ3) is 2.20. The van der Waals surface area contributed by atoms with E-state index in [4.69, 9.17) is 0 Å². The van der Waals surface area contributed by atoms with Crippen molar-refractivity contribution in [3.8, 4) is 0 Å². The number of nitrogens with zero attached hydrogens (tertiary/aromatic N) is 1. The Labute approximate surface area is 120 Å². The molecular formula is C14H12F3NO2S. The Hall–Kier alpha value is -1.60. The second-order valence-corrected chi connectivity index (χ2v) is 7.09. The molecule has 21 heavy (non-hydrogen) atoms. The van der Waals surface area contributed by atoms with Crippen molar-refractivity contribution >= 4 is 20.8 Å². The minimum absolute atomic E-state index is 0.253. The smallest absolute Gasteiger partial charge is 0.203 e. The van der Waals surface area contributed by atoms with E-state index in [-0.39, 0.29) is 13.1 Å². The fourth-order valence-electron chi connectivity index (χ4n) is 2.77. The summed E-state index contributed by atoms with van der Waals surface area (Å²) in [7, 11) is -5.32. The summed E-state index contributed by atoms with van der Waals surface area (Å²) in [5, 5.41) is 1.78. The topological polar surface area (TPSA) is 37.4 Å². The van der Waals surface area contributed by atoms with E-state index in [1.165, 1.54) is 0 Å². The first-order valence-corrected chi connectivity index (χ1v) is 7.72. The van der Waals surface area contributed by atoms with Gasteiger partial charge in [-0.3, -0.25) is 0 Å². The molecule has 0 saturated heterocycles. The second kappa shape index (κ2) is 4.45. The molecular weight excluding hydrogens is 303 g/mol. The Balaban J connectivity index is 2.16. The van der Waals surface area contributed by atoms with E-state index in [1.54, 1.807) is 18.2 Å². The van der Waals surface area contributed by atoms with Crippen LogP contribution in [0.25, 0.3) is 10.8 Å². The Morgan fingerprint density at radius 2 is 1.76 bits per heavy atom. The fraction of sp³-hybridized carbons (Fsp3) is 0.286. The van der Waals surface area contributed by atoms with Crippen molar-refractivity contribution in [2.45, 2.75) is 25.5 Å². The molecule has 3 rings (SSSR count). The van der Waals surface area contributed by atoms with Crippen LogP contribution in [0.15, 0.2) is 30.3 Å². The molecule has 0 aromatic heterocycles. The molecule has 0 spiro atoms. The van der Waals surface area contributed by atoms with E-state index in [1.807, 2.05) is 19.1 Å². The highest BCUT2D eigenvalue weighted by Crippen LogP contribution is 2.36. The van der Waals surface area contributed by atoms with Crippen molar-refractivity contribution in [2.75, 3.05) is 0 Å². The van der Waals surface area contributed by atoms with Gasteiger partial charge < -0.3 is 0 Å². The number of hydrogen-bond donors (Lipinski definition) is 0. The Morgan fingerprint density at radius 1 is 1.10 bits per heavy atom. The van der Waals surface area contributed by atoms with Gasteiger partial charge in [0.25, 0.3) is 0 Å². The van der Waals surface area contributed by atoms with Crippen LogP contribution in [-0.4, -0.2) is 18.2 Å². The van der Waals surface area contributed by atoms with Gasteiger partial charge >= 0.3 is 15.5 Å². The van der Waals surface area contributed by atoms with Crippen LogP contribution < -0.4 is 0 Å². The molecule has 1 heterocycles. The quantitative estimate of drug-likeness (QED) is 0.809. The third-order valence-corrected chi connectivity index (χ3v) is 5.14. The molecule has 0 radical (unpaired) electrons. The molecule has 0 fully saturated rings. The molecule has 0 unspecified atom stereocenters. The zero-order valence-corrected chi connectivity index (χ0v) is 11.9. The first-order valence-electron chi connectivity index (χ1n) is 6.28. The van der Waals surface area contributed by atoms with Gasteiger partial charge in [-0.05, 0) is 28.8 Å². The summed E-state index contributed by atoms with van der Waals surface area (Å²) < 4.78 is 61.9. The van der Waals surface area contributed by atoms with Gasteiger partial charge in [-0.15, -0.1) is 0 Å². The van der Waals surface area contributed by atoms with Crippen LogP contribution in [0, 0.1) is 6.92 Å². The summed E-state index contributed by atoms with van der Waals surface area (Å²) in [4.78, 5) is 0. The van der Waals surface area contributed by atoms with Crippen molar-refractivity contribution < 1.29 is 21.6 Å². The standard InChI is InChI=1S/C14H12F3NO2S/c1-9-5-10-3-2-4-11-7-18(8-12(6-9)13(10)11)21(19,20)14(15,16)17/h2-6H,7-8H2,1H3. The Bertz CT molecular complexity index is 828. The highest BCUT2D eigenvalue weighted by atomic mass is 32.2. The molecule has 2 aromatic rings. The lowest BCUT2D eigenvalue weighted by atomic mass is 9.94. The predicted octanol–water partition coefficient (Wildman–Crippen LogP) is 3.31. The van der Waals surface area contributed by atoms with Crippen LogP contribution >= 0.6 is 0 Å². The van der Waals surface area contributed by atoms with E-state index >= 15 is 0 Å². The molecule has 2 aromatic carbocycles. The zero-order valence-electron chi connectivity index (χ0n) is 11.1. The lowest BCUT2D eigenvalue weighted by molar-refractivity contribution is -0.0494. The van der Waals surface area contributed by atoms with Gasteiger partial charge in [0, 0.05) is 13.1 Å². The molecule has 112 valence electrons. The molecule has 0 atom stereocenters. The Kier molecular flexibility index (Phi) is 3.04. The highest BCUT2D eigenvalue weighted by Gasteiger charge is 2.50. The van der Waals surface area contributed by atoms with Crippen molar-refractivity contribution in [3.05, 3.63) is 47.0 Å². The molecule has 7 heteroatoms. The summed E-state index contributed by atoms with van der Waals surface area (Å²) in [5.41, 5.74) is -3.18. The van der Waals surface area contributed by atoms with Crippen molar-refractivity contribution in [1.82, 2.24) is 4.31 Å². The molecule has 0 N–H and O–H groups in total. The molecule has 1 aliphatic heterocycles. The lowest BCUT2D eigenvalue weighted by Gasteiger charge is -2.29. The van der Waals surface area contributed by atoms with Gasteiger partial charge in [0.1, 0.15) is 0 Å². The van der Waals surface area contributed by atoms with Crippen molar-refractivity contribution in [2.24, 2.45) is 0 Å². The number of alkyl halides is 3. The van der Waals surface area contributed by atoms with E-state index in [2.05, 4.69) is 0 Å². The maximum absolute atomic E-state index is 12.7. The van der Waals surface area contributed by atoms with Gasteiger partial charge in [-0.1, -0.05) is 35.9 Å². The first kappa shape index (κ1) is 14.3. The fourth-order valence-corrected chi connectivity index (χ4v) is 3.69. The van der Waals surface area contributed by atoms with E-state index in [0.717, 1.165) is 16.3 Å². The normalized spacial score (nSPS) is 16.4. The highest BCUT2D eigenvalue weighted by molar-refractivity contribution is 7.89. The molecule has 0 aliphatic carbocycles. The van der Waals surface area contributed by atoms with E-state index < -0.39 is 15.5 Å². The molecule has 0 bridgehead atoms. The first-order chi connectivity index (χ1) is 9.70. The van der Waals surface area contributed by atoms with Gasteiger partial charge in [0.15, 0.2) is 0 Å². The van der Waals surface area contributed by atoms with Crippen LogP contribution in [0.1, 0.15) is 16.7 Å². The SMILES string of the molecule is Cc1cc2c3c(cccc3c1)CN(S(=O)(=O)C(F)(F)F)C2. The minimum Gasteiger partial charge on any atom is -0.203 e. The molecule has 0 saturated carbocycles. The average Bonchev–Trinajstić information content (AvgIpc) is 2.36. The number of aryl methyl sites for hydroxylation is 1. The number of halogens is 3. The van der Waals surface area contributed by atoms with E-state index in [0.29, 0.717) is 15.4 Å². The summed E-state index contributed by atoms with van der Waals surface area (Å²) in [6.07, 6.45) is 0. The molecule has 0 amide bonds. The third-order valence-electron chi connectivity index (χ3n) is 3.61. The van der Waals surface area contributed by atoms with Crippen LogP contribution in [0.3, 0.4) is 0 Å². The van der Waals surface area contributed by atoms with Crippen LogP contribution in [0.4, 0.5) is 13.2 Å². The van der Waals surface area contributed by atoms with Gasteiger partial charge in [0.05, 0.1) is 0 Å².